The summed E-state index contributed by atoms with van der Waals surface area (Å²) in [6.07, 6.45) is 1.82. The van der Waals surface area contributed by atoms with Gasteiger partial charge in [-0.25, -0.2) is 4.79 Å². The average Bonchev–Trinajstić information content (AvgIpc) is 2.71. The van der Waals surface area contributed by atoms with Crippen LogP contribution in [0.25, 0.3) is 0 Å². The highest BCUT2D eigenvalue weighted by atomic mass is 79.9. The molecule has 0 saturated heterocycles. The fourth-order valence-corrected chi connectivity index (χ4v) is 2.34. The van der Waals surface area contributed by atoms with E-state index in [0.29, 0.717) is 17.2 Å². The smallest absolute Gasteiger partial charge is 0.350 e. The Labute approximate surface area is 119 Å². The molecule has 0 aliphatic rings. The quantitative estimate of drug-likeness (QED) is 0.493. The van der Waals surface area contributed by atoms with E-state index in [2.05, 4.69) is 21.2 Å². The zero-order valence-corrected chi connectivity index (χ0v) is 12.8. The first-order chi connectivity index (χ1) is 8.60. The lowest BCUT2D eigenvalue weighted by atomic mass is 10.2. The Morgan fingerprint density at radius 1 is 1.50 bits per heavy atom. The molecular weight excluding hydrogens is 318 g/mol. The topological polar surface area (TPSA) is 55.4 Å². The van der Waals surface area contributed by atoms with E-state index in [1.165, 1.54) is 11.3 Å². The predicted octanol–water partition coefficient (Wildman–Crippen LogP) is 3.35. The molecule has 1 rings (SSSR count). The first-order valence-corrected chi connectivity index (χ1v) is 7.71. The number of unbranched alkanes of at least 4 members (excludes halogenated alkanes) is 1. The zero-order chi connectivity index (χ0) is 13.5. The molecule has 1 amide bonds. The molecule has 1 heterocycles. The van der Waals surface area contributed by atoms with Crippen molar-refractivity contribution in [2.24, 2.45) is 0 Å². The van der Waals surface area contributed by atoms with Crippen molar-refractivity contribution < 1.29 is 14.3 Å². The van der Waals surface area contributed by atoms with Gasteiger partial charge >= 0.3 is 5.97 Å². The van der Waals surface area contributed by atoms with E-state index < -0.39 is 0 Å². The molecule has 6 heteroatoms. The van der Waals surface area contributed by atoms with Gasteiger partial charge in [-0.15, -0.1) is 11.3 Å². The Bertz CT molecular complexity index is 431. The Balaban J connectivity index is 2.76. The number of aryl methyl sites for hydroxylation is 1. The van der Waals surface area contributed by atoms with Crippen LogP contribution in [0.2, 0.25) is 0 Å². The number of carbonyl (C=O) groups excluding carboxylic acids is 2. The van der Waals surface area contributed by atoms with Gasteiger partial charge in [0.25, 0.3) is 0 Å². The number of hydrogen-bond acceptors (Lipinski definition) is 4. The van der Waals surface area contributed by atoms with E-state index in [-0.39, 0.29) is 17.2 Å². The normalized spacial score (nSPS) is 10.2. The van der Waals surface area contributed by atoms with Gasteiger partial charge in [-0.2, -0.15) is 0 Å². The molecule has 0 aliphatic heterocycles. The maximum Gasteiger partial charge on any atom is 0.350 e. The molecule has 0 atom stereocenters. The van der Waals surface area contributed by atoms with Crippen LogP contribution in [0.3, 0.4) is 0 Å². The monoisotopic (exact) mass is 333 g/mol. The lowest BCUT2D eigenvalue weighted by Gasteiger charge is -2.07. The van der Waals surface area contributed by atoms with Gasteiger partial charge in [-0.1, -0.05) is 29.3 Å². The lowest BCUT2D eigenvalue weighted by Crippen LogP contribution is -2.15. The Morgan fingerprint density at radius 2 is 2.22 bits per heavy atom. The van der Waals surface area contributed by atoms with E-state index in [9.17, 15) is 9.59 Å². The molecule has 1 aromatic heterocycles. The highest BCUT2D eigenvalue weighted by Gasteiger charge is 2.18. The molecule has 1 N–H and O–H groups in total. The van der Waals surface area contributed by atoms with Crippen LogP contribution in [0.5, 0.6) is 0 Å². The van der Waals surface area contributed by atoms with Gasteiger partial charge in [0.15, 0.2) is 0 Å². The molecule has 0 fully saturated rings. The third-order valence-corrected chi connectivity index (χ3v) is 3.86. The number of anilines is 1. The number of rotatable bonds is 6. The van der Waals surface area contributed by atoms with Crippen LogP contribution < -0.4 is 5.32 Å². The third-order valence-electron chi connectivity index (χ3n) is 2.28. The standard InChI is InChI=1S/C12H16BrNO3S/c1-3-4-5-17-12(16)11-10(8(2)7-18-11)14-9(15)6-13/h7H,3-6H2,1-2H3,(H,14,15). The molecule has 1 aromatic rings. The molecular formula is C12H16BrNO3S. The minimum atomic E-state index is -0.369. The number of amides is 1. The molecule has 100 valence electrons. The van der Waals surface area contributed by atoms with Gasteiger partial charge in [0, 0.05) is 0 Å². The summed E-state index contributed by atoms with van der Waals surface area (Å²) in [6, 6.07) is 0. The number of nitrogens with one attached hydrogen (secondary N) is 1. The summed E-state index contributed by atoms with van der Waals surface area (Å²) in [5.41, 5.74) is 1.43. The van der Waals surface area contributed by atoms with E-state index in [1.54, 1.807) is 0 Å². The summed E-state index contributed by atoms with van der Waals surface area (Å²) in [5.74, 6) is -0.550. The number of ether oxygens (including phenoxy) is 1. The second-order valence-electron chi connectivity index (χ2n) is 3.79. The maximum atomic E-state index is 11.8. The van der Waals surface area contributed by atoms with Crippen molar-refractivity contribution in [1.82, 2.24) is 0 Å². The number of carbonyl (C=O) groups is 2. The van der Waals surface area contributed by atoms with Gasteiger partial charge in [0.05, 0.1) is 17.6 Å². The van der Waals surface area contributed by atoms with Gasteiger partial charge in [-0.3, -0.25) is 4.79 Å². The number of thiophene rings is 1. The molecule has 18 heavy (non-hydrogen) atoms. The summed E-state index contributed by atoms with van der Waals surface area (Å²) in [5, 5.41) is 4.74. The second kappa shape index (κ2) is 7.53. The third kappa shape index (κ3) is 4.10. The summed E-state index contributed by atoms with van der Waals surface area (Å²) in [4.78, 5) is 23.7. The number of hydrogen-bond donors (Lipinski definition) is 1. The van der Waals surface area contributed by atoms with Crippen molar-refractivity contribution in [2.45, 2.75) is 26.7 Å². The van der Waals surface area contributed by atoms with E-state index in [1.807, 2.05) is 19.2 Å². The van der Waals surface area contributed by atoms with Gasteiger partial charge in [-0.05, 0) is 24.3 Å². The molecule has 0 aliphatic carbocycles. The Morgan fingerprint density at radius 3 is 2.83 bits per heavy atom. The SMILES string of the molecule is CCCCOC(=O)c1scc(C)c1NC(=O)CBr. The first kappa shape index (κ1) is 15.2. The van der Waals surface area contributed by atoms with Crippen molar-refractivity contribution in [2.75, 3.05) is 17.3 Å². The van der Waals surface area contributed by atoms with Crippen LogP contribution in [0.1, 0.15) is 35.0 Å². The van der Waals surface area contributed by atoms with Crippen molar-refractivity contribution in [3.05, 3.63) is 15.8 Å². The van der Waals surface area contributed by atoms with Crippen LogP contribution in [0.15, 0.2) is 5.38 Å². The zero-order valence-electron chi connectivity index (χ0n) is 10.4. The minimum Gasteiger partial charge on any atom is -0.461 e. The molecule has 0 radical (unpaired) electrons. The Kier molecular flexibility index (Phi) is 6.35. The molecule has 0 saturated carbocycles. The van der Waals surface area contributed by atoms with Crippen LogP contribution in [0.4, 0.5) is 5.69 Å². The van der Waals surface area contributed by atoms with E-state index >= 15 is 0 Å². The van der Waals surface area contributed by atoms with Crippen molar-refractivity contribution in [1.29, 1.82) is 0 Å². The van der Waals surface area contributed by atoms with Gasteiger partial charge in [0.2, 0.25) is 5.91 Å². The molecule has 0 unspecified atom stereocenters. The largest absolute Gasteiger partial charge is 0.461 e. The van der Waals surface area contributed by atoms with Gasteiger partial charge < -0.3 is 10.1 Å². The number of alkyl halides is 1. The van der Waals surface area contributed by atoms with E-state index in [4.69, 9.17) is 4.74 Å². The fraction of sp³-hybridized carbons (Fsp3) is 0.500. The average molecular weight is 334 g/mol. The molecule has 0 aromatic carbocycles. The van der Waals surface area contributed by atoms with E-state index in [0.717, 1.165) is 18.4 Å². The van der Waals surface area contributed by atoms with Gasteiger partial charge in [0.1, 0.15) is 4.88 Å². The fourth-order valence-electron chi connectivity index (χ4n) is 1.30. The summed E-state index contributed by atoms with van der Waals surface area (Å²) < 4.78 is 5.15. The molecule has 0 bridgehead atoms. The first-order valence-electron chi connectivity index (χ1n) is 5.71. The van der Waals surface area contributed by atoms with Crippen LogP contribution >= 0.6 is 27.3 Å². The molecule has 0 spiro atoms. The minimum absolute atomic E-state index is 0.181. The van der Waals surface area contributed by atoms with Crippen molar-refractivity contribution in [3.8, 4) is 0 Å². The van der Waals surface area contributed by atoms with Crippen LogP contribution in [-0.4, -0.2) is 23.8 Å². The maximum absolute atomic E-state index is 11.8. The highest BCUT2D eigenvalue weighted by Crippen LogP contribution is 2.28. The number of halogens is 1. The second-order valence-corrected chi connectivity index (χ2v) is 5.23. The lowest BCUT2D eigenvalue weighted by molar-refractivity contribution is -0.113. The van der Waals surface area contributed by atoms with Crippen LogP contribution in [-0.2, 0) is 9.53 Å². The highest BCUT2D eigenvalue weighted by molar-refractivity contribution is 9.09. The summed E-state index contributed by atoms with van der Waals surface area (Å²) in [7, 11) is 0. The predicted molar refractivity (Wildman–Crippen MR) is 76.7 cm³/mol. The van der Waals surface area contributed by atoms with Crippen LogP contribution in [0, 0.1) is 6.92 Å². The summed E-state index contributed by atoms with van der Waals surface area (Å²) in [6.45, 7) is 4.30. The van der Waals surface area contributed by atoms with Crippen molar-refractivity contribution in [3.63, 3.8) is 0 Å². The van der Waals surface area contributed by atoms with Crippen molar-refractivity contribution >= 4 is 44.8 Å². The summed E-state index contributed by atoms with van der Waals surface area (Å²) >= 11 is 4.36. The molecule has 4 nitrogen and oxygen atoms in total. The Hall–Kier alpha value is -0.880. The number of esters is 1.